The minimum Gasteiger partial charge on any atom is -0.464 e. The van der Waals surface area contributed by atoms with Gasteiger partial charge in [-0.25, -0.2) is 14.6 Å². The van der Waals surface area contributed by atoms with E-state index in [0.717, 1.165) is 0 Å². The van der Waals surface area contributed by atoms with Gasteiger partial charge in [0.2, 0.25) is 0 Å². The SMILES string of the molecule is COC(=O)c1cc(C(=O)OC(C)(C)C)cc(-c2ccccc2C#N)n1. The summed E-state index contributed by atoms with van der Waals surface area (Å²) in [5.41, 5.74) is 0.659. The summed E-state index contributed by atoms with van der Waals surface area (Å²) in [6.07, 6.45) is 0. The van der Waals surface area contributed by atoms with Crippen molar-refractivity contribution in [2.45, 2.75) is 26.4 Å². The maximum absolute atomic E-state index is 12.4. The molecule has 128 valence electrons. The van der Waals surface area contributed by atoms with Crippen molar-refractivity contribution in [1.82, 2.24) is 4.98 Å². The molecule has 0 aliphatic heterocycles. The zero-order valence-electron chi connectivity index (χ0n) is 14.5. The van der Waals surface area contributed by atoms with E-state index in [-0.39, 0.29) is 11.3 Å². The van der Waals surface area contributed by atoms with Gasteiger partial charge in [0.05, 0.1) is 30.0 Å². The number of carbonyl (C=O) groups excluding carboxylic acids is 2. The third-order valence-electron chi connectivity index (χ3n) is 3.18. The van der Waals surface area contributed by atoms with Crippen LogP contribution >= 0.6 is 0 Å². The van der Waals surface area contributed by atoms with Crippen molar-refractivity contribution in [2.24, 2.45) is 0 Å². The first kappa shape index (κ1) is 18.1. The second-order valence-corrected chi connectivity index (χ2v) is 6.28. The minimum atomic E-state index is -0.684. The zero-order valence-corrected chi connectivity index (χ0v) is 14.5. The first-order valence-corrected chi connectivity index (χ1v) is 7.58. The Morgan fingerprint density at radius 1 is 1.12 bits per heavy atom. The highest BCUT2D eigenvalue weighted by atomic mass is 16.6. The predicted octanol–water partition coefficient (Wildman–Crippen LogP) is 3.36. The molecule has 6 heteroatoms. The lowest BCUT2D eigenvalue weighted by atomic mass is 10.0. The summed E-state index contributed by atoms with van der Waals surface area (Å²) in [5.74, 6) is -1.27. The Morgan fingerprint density at radius 2 is 1.80 bits per heavy atom. The van der Waals surface area contributed by atoms with E-state index in [0.29, 0.717) is 16.8 Å². The average Bonchev–Trinajstić information content (AvgIpc) is 2.59. The summed E-state index contributed by atoms with van der Waals surface area (Å²) in [7, 11) is 1.23. The lowest BCUT2D eigenvalue weighted by molar-refractivity contribution is 0.00694. The van der Waals surface area contributed by atoms with E-state index in [9.17, 15) is 14.9 Å². The number of carbonyl (C=O) groups is 2. The topological polar surface area (TPSA) is 89.3 Å². The van der Waals surface area contributed by atoms with Crippen molar-refractivity contribution < 1.29 is 19.1 Å². The lowest BCUT2D eigenvalue weighted by Gasteiger charge is -2.20. The average molecular weight is 338 g/mol. The fourth-order valence-electron chi connectivity index (χ4n) is 2.14. The fourth-order valence-corrected chi connectivity index (χ4v) is 2.14. The number of aromatic nitrogens is 1. The van der Waals surface area contributed by atoms with E-state index >= 15 is 0 Å². The first-order valence-electron chi connectivity index (χ1n) is 7.58. The largest absolute Gasteiger partial charge is 0.464 e. The molecular weight excluding hydrogens is 320 g/mol. The van der Waals surface area contributed by atoms with Crippen molar-refractivity contribution in [3.05, 3.63) is 53.2 Å². The molecule has 0 spiro atoms. The molecule has 0 saturated carbocycles. The fraction of sp³-hybridized carbons (Fsp3) is 0.263. The second-order valence-electron chi connectivity index (χ2n) is 6.28. The Balaban J connectivity index is 2.61. The van der Waals surface area contributed by atoms with Crippen molar-refractivity contribution in [1.29, 1.82) is 5.26 Å². The molecule has 0 aliphatic carbocycles. The highest BCUT2D eigenvalue weighted by Gasteiger charge is 2.22. The Morgan fingerprint density at radius 3 is 2.40 bits per heavy atom. The van der Waals surface area contributed by atoms with Crippen LogP contribution in [-0.4, -0.2) is 29.6 Å². The molecule has 2 aromatic rings. The van der Waals surface area contributed by atoms with Crippen LogP contribution in [-0.2, 0) is 9.47 Å². The molecule has 0 unspecified atom stereocenters. The van der Waals surface area contributed by atoms with Gasteiger partial charge >= 0.3 is 11.9 Å². The predicted molar refractivity (Wildman–Crippen MR) is 90.9 cm³/mol. The van der Waals surface area contributed by atoms with Gasteiger partial charge in [0.1, 0.15) is 11.3 Å². The molecule has 0 bridgehead atoms. The maximum Gasteiger partial charge on any atom is 0.356 e. The van der Waals surface area contributed by atoms with Gasteiger partial charge in [0, 0.05) is 5.56 Å². The molecule has 0 radical (unpaired) electrons. The summed E-state index contributed by atoms with van der Waals surface area (Å²) >= 11 is 0. The molecule has 1 aromatic heterocycles. The Labute approximate surface area is 146 Å². The van der Waals surface area contributed by atoms with Crippen LogP contribution < -0.4 is 0 Å². The molecule has 0 aliphatic rings. The van der Waals surface area contributed by atoms with Crippen molar-refractivity contribution in [2.75, 3.05) is 7.11 Å². The summed E-state index contributed by atoms with van der Waals surface area (Å²) in [4.78, 5) is 28.5. The molecule has 1 heterocycles. The third kappa shape index (κ3) is 4.42. The van der Waals surface area contributed by atoms with E-state index in [1.54, 1.807) is 45.0 Å². The van der Waals surface area contributed by atoms with Gasteiger partial charge in [-0.3, -0.25) is 0 Å². The van der Waals surface area contributed by atoms with Gasteiger partial charge in [0.25, 0.3) is 0 Å². The Kier molecular flexibility index (Phi) is 5.18. The summed E-state index contributed by atoms with van der Waals surface area (Å²) in [5, 5.41) is 9.27. The van der Waals surface area contributed by atoms with Crippen LogP contribution in [0.1, 0.15) is 47.2 Å². The number of rotatable bonds is 3. The third-order valence-corrected chi connectivity index (χ3v) is 3.18. The summed E-state index contributed by atoms with van der Waals surface area (Å²) in [6, 6.07) is 11.7. The normalized spacial score (nSPS) is 10.7. The zero-order chi connectivity index (χ0) is 18.6. The van der Waals surface area contributed by atoms with Gasteiger partial charge in [-0.15, -0.1) is 0 Å². The molecule has 0 N–H and O–H groups in total. The number of pyridine rings is 1. The highest BCUT2D eigenvalue weighted by Crippen LogP contribution is 2.24. The number of nitrogens with zero attached hydrogens (tertiary/aromatic N) is 2. The number of methoxy groups -OCH3 is 1. The van der Waals surface area contributed by atoms with Gasteiger partial charge in [-0.05, 0) is 39.0 Å². The first-order chi connectivity index (χ1) is 11.7. The van der Waals surface area contributed by atoms with E-state index in [1.165, 1.54) is 19.2 Å². The van der Waals surface area contributed by atoms with Crippen molar-refractivity contribution in [3.63, 3.8) is 0 Å². The van der Waals surface area contributed by atoms with Crippen molar-refractivity contribution >= 4 is 11.9 Å². The summed E-state index contributed by atoms with van der Waals surface area (Å²) < 4.78 is 10.1. The monoisotopic (exact) mass is 338 g/mol. The van der Waals surface area contributed by atoms with Gasteiger partial charge in [0.15, 0.2) is 0 Å². The van der Waals surface area contributed by atoms with Gasteiger partial charge in [-0.1, -0.05) is 18.2 Å². The standard InChI is InChI=1S/C19H18N2O4/c1-19(2,3)25-17(22)13-9-15(21-16(10-13)18(23)24-4)14-8-6-5-7-12(14)11-20/h5-10H,1-4H3. The van der Waals surface area contributed by atoms with E-state index in [4.69, 9.17) is 9.47 Å². The van der Waals surface area contributed by atoms with Crippen LogP contribution in [0, 0.1) is 11.3 Å². The van der Waals surface area contributed by atoms with Crippen LogP contribution in [0.4, 0.5) is 0 Å². The molecule has 6 nitrogen and oxygen atoms in total. The molecule has 2 rings (SSSR count). The maximum atomic E-state index is 12.4. The Bertz CT molecular complexity index is 860. The van der Waals surface area contributed by atoms with E-state index in [2.05, 4.69) is 11.1 Å². The summed E-state index contributed by atoms with van der Waals surface area (Å²) in [6.45, 7) is 5.25. The molecule has 0 atom stereocenters. The van der Waals surface area contributed by atoms with Crippen LogP contribution in [0.3, 0.4) is 0 Å². The van der Waals surface area contributed by atoms with Crippen molar-refractivity contribution in [3.8, 4) is 17.3 Å². The number of hydrogen-bond donors (Lipinski definition) is 0. The van der Waals surface area contributed by atoms with Crippen LogP contribution in [0.25, 0.3) is 11.3 Å². The van der Waals surface area contributed by atoms with Crippen LogP contribution in [0.2, 0.25) is 0 Å². The number of hydrogen-bond acceptors (Lipinski definition) is 6. The minimum absolute atomic E-state index is 0.0337. The molecule has 0 fully saturated rings. The molecule has 25 heavy (non-hydrogen) atoms. The number of esters is 2. The highest BCUT2D eigenvalue weighted by molar-refractivity contribution is 5.95. The Hall–Kier alpha value is -3.20. The smallest absolute Gasteiger partial charge is 0.356 e. The number of benzene rings is 1. The lowest BCUT2D eigenvalue weighted by Crippen LogP contribution is -2.24. The van der Waals surface area contributed by atoms with Gasteiger partial charge < -0.3 is 9.47 Å². The number of ether oxygens (including phenoxy) is 2. The van der Waals surface area contributed by atoms with E-state index in [1.807, 2.05) is 0 Å². The number of nitriles is 1. The molecule has 0 saturated heterocycles. The quantitative estimate of drug-likeness (QED) is 0.797. The molecule has 1 aromatic carbocycles. The molecular formula is C19H18N2O4. The van der Waals surface area contributed by atoms with Gasteiger partial charge in [-0.2, -0.15) is 5.26 Å². The van der Waals surface area contributed by atoms with Crippen LogP contribution in [0.15, 0.2) is 36.4 Å². The molecule has 0 amide bonds. The van der Waals surface area contributed by atoms with E-state index < -0.39 is 17.5 Å². The second kappa shape index (κ2) is 7.14. The van der Waals surface area contributed by atoms with Crippen LogP contribution in [0.5, 0.6) is 0 Å².